The van der Waals surface area contributed by atoms with Gasteiger partial charge in [-0.25, -0.2) is 19.9 Å². The molecule has 1 atom stereocenters. The van der Waals surface area contributed by atoms with Crippen molar-refractivity contribution in [2.75, 3.05) is 18.5 Å². The number of aromatic nitrogens is 4. The predicted molar refractivity (Wildman–Crippen MR) is 172 cm³/mol. The highest BCUT2D eigenvalue weighted by Crippen LogP contribution is 2.92. The van der Waals surface area contributed by atoms with E-state index in [0.29, 0.717) is 39.4 Å². The van der Waals surface area contributed by atoms with Gasteiger partial charge in [-0.2, -0.15) is 0 Å². The molecule has 0 aromatic carbocycles. The molecular formula is C32H37BClN7O2S. The molecule has 0 radical (unpaired) electrons. The van der Waals surface area contributed by atoms with Crippen LogP contribution in [0.2, 0.25) is 16.8 Å². The molecule has 12 heteroatoms. The monoisotopic (exact) mass is 629 g/mol. The molecule has 2 N–H and O–H groups in total. The highest BCUT2D eigenvalue weighted by molar-refractivity contribution is 7.97. The largest absolute Gasteiger partial charge is 0.476 e. The van der Waals surface area contributed by atoms with Gasteiger partial charge in [-0.3, -0.25) is 9.52 Å². The van der Waals surface area contributed by atoms with Crippen LogP contribution in [0.15, 0.2) is 47.6 Å². The molecule has 44 heavy (non-hydrogen) atoms. The maximum absolute atomic E-state index is 12.9. The lowest BCUT2D eigenvalue weighted by Crippen LogP contribution is -2.19. The van der Waals surface area contributed by atoms with Crippen LogP contribution in [0.4, 0.5) is 5.82 Å². The maximum Gasteiger partial charge on any atom is 0.273 e. The molecule has 3 aromatic rings. The second-order valence-corrected chi connectivity index (χ2v) is 14.9. The molecule has 3 aromatic heterocycles. The topological polar surface area (TPSA) is 118 Å². The summed E-state index contributed by atoms with van der Waals surface area (Å²) in [6.07, 6.45) is 11.5. The Morgan fingerprint density at radius 3 is 2.68 bits per heavy atom. The quantitative estimate of drug-likeness (QED) is 0.0964. The Labute approximate surface area is 268 Å². The van der Waals surface area contributed by atoms with Gasteiger partial charge in [0.25, 0.3) is 12.6 Å². The Kier molecular flexibility index (Phi) is 7.57. The van der Waals surface area contributed by atoms with Crippen LogP contribution in [-0.2, 0) is 0 Å². The highest BCUT2D eigenvalue weighted by atomic mass is 35.5. The zero-order valence-corrected chi connectivity index (χ0v) is 26.8. The van der Waals surface area contributed by atoms with Crippen LogP contribution in [-0.4, -0.2) is 45.5 Å². The summed E-state index contributed by atoms with van der Waals surface area (Å²) < 4.78 is 10.5. The van der Waals surface area contributed by atoms with Crippen molar-refractivity contribution in [2.45, 2.75) is 75.5 Å². The maximum atomic E-state index is 12.9. The average molecular weight is 630 g/mol. The number of pyridine rings is 2. The number of fused-ring (bicyclic) bond motifs is 1. The zero-order valence-electron chi connectivity index (χ0n) is 25.2. The number of carbonyl (C=O) groups excluding carboxylic acids is 1. The van der Waals surface area contributed by atoms with Crippen molar-refractivity contribution in [1.29, 1.82) is 5.26 Å². The minimum Gasteiger partial charge on any atom is -0.476 e. The van der Waals surface area contributed by atoms with Gasteiger partial charge in [0, 0.05) is 42.6 Å². The van der Waals surface area contributed by atoms with Crippen LogP contribution in [0.1, 0.15) is 69.2 Å². The molecule has 3 aliphatic carbocycles. The van der Waals surface area contributed by atoms with Crippen molar-refractivity contribution in [3.05, 3.63) is 53.3 Å². The van der Waals surface area contributed by atoms with E-state index in [2.05, 4.69) is 44.9 Å². The summed E-state index contributed by atoms with van der Waals surface area (Å²) in [7, 11) is 0. The first-order valence-electron chi connectivity index (χ1n) is 15.7. The fourth-order valence-electron chi connectivity index (χ4n) is 7.92. The number of ether oxygens (including phenoxy) is 1. The van der Waals surface area contributed by atoms with Crippen molar-refractivity contribution >= 4 is 42.0 Å². The zero-order chi connectivity index (χ0) is 30.5. The van der Waals surface area contributed by atoms with Crippen molar-refractivity contribution in [1.82, 2.24) is 24.5 Å². The van der Waals surface area contributed by atoms with Gasteiger partial charge < -0.3 is 10.1 Å². The second-order valence-electron chi connectivity index (χ2n) is 13.7. The lowest BCUT2D eigenvalue weighted by molar-refractivity contribution is 0.0984. The number of nitrogens with one attached hydrogen (secondary N) is 2. The fraction of sp³-hybridized carbons (Fsp3) is 0.531. The Morgan fingerprint density at radius 2 is 1.98 bits per heavy atom. The highest BCUT2D eigenvalue weighted by Gasteiger charge is 2.86. The summed E-state index contributed by atoms with van der Waals surface area (Å²) >= 11 is 7.56. The van der Waals surface area contributed by atoms with E-state index in [0.717, 1.165) is 56.5 Å². The number of rotatable bonds is 12. The molecule has 1 unspecified atom stereocenters. The number of amides is 1. The summed E-state index contributed by atoms with van der Waals surface area (Å²) in [4.78, 5) is 21.9. The Hall–Kier alpha value is -3.23. The second kappa shape index (κ2) is 11.3. The van der Waals surface area contributed by atoms with Gasteiger partial charge in [-0.05, 0) is 84.9 Å². The SMILES string of the molecule is CC1(C)CC(CCCNc2cccc(SNC(=O)c3ccc(-n4ccc(OCC5C6(CC6)C56CC6)n4)nc3Cl)n2)CB1C#N. The minimum absolute atomic E-state index is 0.0954. The number of anilines is 1. The van der Waals surface area contributed by atoms with E-state index in [1.807, 2.05) is 24.3 Å². The van der Waals surface area contributed by atoms with Gasteiger partial charge in [0.1, 0.15) is 16.0 Å². The van der Waals surface area contributed by atoms with Gasteiger partial charge in [-0.1, -0.05) is 44.3 Å². The molecule has 1 amide bonds. The van der Waals surface area contributed by atoms with E-state index < -0.39 is 0 Å². The standard InChI is InChI=1S/C32H37BClN7O2S/c1-30(2)17-21(18-33(30)20-35)5-4-15-36-24-6-3-7-27(37-24)44-40-29(42)22-8-9-25(38-28(22)34)41-16-10-26(39-41)43-19-23-31(11-12-31)32(23)13-14-32/h3,6-10,16,21,23H,4-5,11-15,17-19H2,1-2H3,(H,36,37)(H,40,42). The molecule has 4 fully saturated rings. The molecule has 1 aliphatic heterocycles. The number of hydrogen-bond acceptors (Lipinski definition) is 8. The summed E-state index contributed by atoms with van der Waals surface area (Å²) in [5.41, 5.74) is 1.48. The fourth-order valence-corrected chi connectivity index (χ4v) is 8.76. The molecule has 4 heterocycles. The van der Waals surface area contributed by atoms with Crippen LogP contribution in [0.5, 0.6) is 5.88 Å². The smallest absolute Gasteiger partial charge is 0.273 e. The van der Waals surface area contributed by atoms with Crippen LogP contribution < -0.4 is 14.8 Å². The van der Waals surface area contributed by atoms with Gasteiger partial charge in [0.05, 0.1) is 12.2 Å². The van der Waals surface area contributed by atoms with Crippen molar-refractivity contribution in [3.8, 4) is 17.7 Å². The lowest BCUT2D eigenvalue weighted by atomic mass is 9.37. The molecule has 1 saturated heterocycles. The van der Waals surface area contributed by atoms with E-state index in [1.165, 1.54) is 25.7 Å². The first kappa shape index (κ1) is 29.5. The first-order valence-corrected chi connectivity index (χ1v) is 16.9. The minimum atomic E-state index is -0.355. The molecule has 7 rings (SSSR count). The molecule has 9 nitrogen and oxygen atoms in total. The van der Waals surface area contributed by atoms with Gasteiger partial charge >= 0.3 is 0 Å². The summed E-state index contributed by atoms with van der Waals surface area (Å²) in [6.45, 7) is 6.11. The third kappa shape index (κ3) is 5.56. The Balaban J connectivity index is 0.870. The van der Waals surface area contributed by atoms with Crippen molar-refractivity contribution in [2.24, 2.45) is 22.7 Å². The van der Waals surface area contributed by atoms with Crippen LogP contribution >= 0.6 is 23.5 Å². The lowest BCUT2D eigenvalue weighted by Gasteiger charge is -2.19. The number of nitriles is 1. The molecule has 2 spiro atoms. The number of halogens is 1. The van der Waals surface area contributed by atoms with Gasteiger partial charge in [0.15, 0.2) is 5.82 Å². The summed E-state index contributed by atoms with van der Waals surface area (Å²) in [5, 5.41) is 18.2. The van der Waals surface area contributed by atoms with Crippen LogP contribution in [0, 0.1) is 33.9 Å². The molecular weight excluding hydrogens is 593 g/mol. The predicted octanol–water partition coefficient (Wildman–Crippen LogP) is 6.87. The van der Waals surface area contributed by atoms with E-state index in [9.17, 15) is 10.1 Å². The van der Waals surface area contributed by atoms with Gasteiger partial charge in [0.2, 0.25) is 5.88 Å². The van der Waals surface area contributed by atoms with Crippen LogP contribution in [0.25, 0.3) is 5.82 Å². The average Bonchev–Trinajstić information content (AvgIpc) is 3.96. The molecule has 0 bridgehead atoms. The molecule has 3 saturated carbocycles. The molecule has 4 aliphatic rings. The van der Waals surface area contributed by atoms with Gasteiger partial charge in [-0.15, -0.1) is 5.10 Å². The third-order valence-corrected chi connectivity index (χ3v) is 11.7. The van der Waals surface area contributed by atoms with Crippen LogP contribution in [0.3, 0.4) is 0 Å². The summed E-state index contributed by atoms with van der Waals surface area (Å²) in [5.74, 6) is 5.28. The van der Waals surface area contributed by atoms with Crippen molar-refractivity contribution in [3.63, 3.8) is 0 Å². The number of hydrogen-bond donors (Lipinski definition) is 2. The van der Waals surface area contributed by atoms with Crippen molar-refractivity contribution < 1.29 is 9.53 Å². The van der Waals surface area contributed by atoms with E-state index >= 15 is 0 Å². The Bertz CT molecular complexity index is 1600. The first-order chi connectivity index (χ1) is 21.2. The molecule has 228 valence electrons. The van der Waals surface area contributed by atoms with E-state index in [1.54, 1.807) is 23.0 Å². The third-order valence-electron chi connectivity index (χ3n) is 10.6. The Morgan fingerprint density at radius 1 is 1.18 bits per heavy atom. The number of nitrogens with zero attached hydrogens (tertiary/aromatic N) is 5. The summed E-state index contributed by atoms with van der Waals surface area (Å²) in [6, 6.07) is 10.9. The van der Waals surface area contributed by atoms with E-state index in [-0.39, 0.29) is 28.7 Å². The van der Waals surface area contributed by atoms with E-state index in [4.69, 9.17) is 16.3 Å². The normalized spacial score (nSPS) is 21.7. The number of carbonyl (C=O) groups is 1.